The number of H-pyrrole nitrogens is 2. The minimum Gasteiger partial charge on any atom is -0.384 e. The first-order chi connectivity index (χ1) is 8.24. The third-order valence-corrected chi connectivity index (χ3v) is 2.78. The van der Waals surface area contributed by atoms with Gasteiger partial charge in [-0.2, -0.15) is 0 Å². The summed E-state index contributed by atoms with van der Waals surface area (Å²) in [5.41, 5.74) is 1.55. The lowest BCUT2D eigenvalue weighted by molar-refractivity contribution is 0.202. The van der Waals surface area contributed by atoms with Gasteiger partial charge in [-0.05, 0) is 30.3 Å². The number of ether oxygens (including phenoxy) is 1. The Bertz CT molecular complexity index is 584. The van der Waals surface area contributed by atoms with Crippen LogP contribution in [0.15, 0.2) is 29.1 Å². The lowest BCUT2D eigenvalue weighted by Gasteiger charge is -2.08. The van der Waals surface area contributed by atoms with Crippen LogP contribution in [0.25, 0.3) is 5.69 Å². The number of para-hydroxylation sites is 1. The summed E-state index contributed by atoms with van der Waals surface area (Å²) in [5, 5.41) is 5.09. The number of aromatic nitrogens is 3. The molecule has 17 heavy (non-hydrogen) atoms. The Hall–Kier alpha value is -1.66. The molecule has 0 bridgehead atoms. The largest absolute Gasteiger partial charge is 0.384 e. The number of nitrogens with one attached hydrogen (secondary N) is 2. The van der Waals surface area contributed by atoms with E-state index in [2.05, 4.69) is 10.2 Å². The molecule has 1 aromatic heterocycles. The number of nitrogens with zero attached hydrogens (tertiary/aromatic N) is 1. The van der Waals surface area contributed by atoms with E-state index in [0.717, 1.165) is 17.7 Å². The molecule has 0 radical (unpaired) electrons. The molecule has 0 saturated heterocycles. The van der Waals surface area contributed by atoms with Crippen molar-refractivity contribution in [3.05, 3.63) is 45.1 Å². The zero-order valence-corrected chi connectivity index (χ0v) is 10.2. The van der Waals surface area contributed by atoms with E-state index in [-0.39, 0.29) is 5.69 Å². The molecule has 90 valence electrons. The summed E-state index contributed by atoms with van der Waals surface area (Å²) in [6.07, 6.45) is 0.735. The molecule has 2 N–H and O–H groups in total. The number of hydrogen-bond donors (Lipinski definition) is 2. The lowest BCUT2D eigenvalue weighted by Crippen LogP contribution is -2.16. The average Bonchev–Trinajstić information content (AvgIpc) is 2.67. The van der Waals surface area contributed by atoms with Gasteiger partial charge in [-0.25, -0.2) is 14.5 Å². The summed E-state index contributed by atoms with van der Waals surface area (Å²) in [6.45, 7) is 0.604. The molecule has 0 amide bonds. The highest BCUT2D eigenvalue weighted by molar-refractivity contribution is 7.71. The van der Waals surface area contributed by atoms with Crippen LogP contribution in [0.1, 0.15) is 5.56 Å². The number of benzene rings is 1. The maximum atomic E-state index is 11.6. The fraction of sp³-hybridized carbons (Fsp3) is 0.273. The maximum Gasteiger partial charge on any atom is 0.347 e. The van der Waals surface area contributed by atoms with E-state index in [0.29, 0.717) is 11.4 Å². The van der Waals surface area contributed by atoms with Crippen LogP contribution in [0.5, 0.6) is 0 Å². The number of rotatable bonds is 4. The monoisotopic (exact) mass is 251 g/mol. The molecule has 2 rings (SSSR count). The van der Waals surface area contributed by atoms with Gasteiger partial charge in [0.1, 0.15) is 0 Å². The smallest absolute Gasteiger partial charge is 0.347 e. The van der Waals surface area contributed by atoms with Crippen molar-refractivity contribution in [2.45, 2.75) is 6.42 Å². The van der Waals surface area contributed by atoms with Crippen molar-refractivity contribution < 1.29 is 4.74 Å². The highest BCUT2D eigenvalue weighted by Crippen LogP contribution is 2.13. The molecule has 1 heterocycles. The van der Waals surface area contributed by atoms with Gasteiger partial charge >= 0.3 is 5.69 Å². The van der Waals surface area contributed by atoms with Crippen molar-refractivity contribution >= 4 is 12.2 Å². The van der Waals surface area contributed by atoms with Crippen molar-refractivity contribution in [3.8, 4) is 5.69 Å². The highest BCUT2D eigenvalue weighted by Gasteiger charge is 2.08. The van der Waals surface area contributed by atoms with Crippen LogP contribution in [0.4, 0.5) is 0 Å². The summed E-state index contributed by atoms with van der Waals surface area (Å²) >= 11 is 5.07. The third-order valence-electron chi connectivity index (χ3n) is 2.49. The van der Waals surface area contributed by atoms with Crippen LogP contribution in [-0.4, -0.2) is 28.5 Å². The molecule has 0 saturated carbocycles. The molecular weight excluding hydrogens is 238 g/mol. The first kappa shape index (κ1) is 11.8. The molecule has 2 aromatic rings. The van der Waals surface area contributed by atoms with Crippen LogP contribution in [-0.2, 0) is 11.2 Å². The molecule has 0 unspecified atom stereocenters. The van der Waals surface area contributed by atoms with Crippen molar-refractivity contribution in [1.82, 2.24) is 14.8 Å². The minimum atomic E-state index is -0.264. The van der Waals surface area contributed by atoms with Gasteiger partial charge in [-0.3, -0.25) is 5.10 Å². The van der Waals surface area contributed by atoms with Crippen molar-refractivity contribution in [2.24, 2.45) is 0 Å². The first-order valence-electron chi connectivity index (χ1n) is 5.21. The number of hydrogen-bond acceptors (Lipinski definition) is 3. The summed E-state index contributed by atoms with van der Waals surface area (Å²) in [6, 6.07) is 7.63. The Morgan fingerprint density at radius 2 is 2.12 bits per heavy atom. The van der Waals surface area contributed by atoms with Gasteiger partial charge < -0.3 is 4.74 Å². The van der Waals surface area contributed by atoms with Gasteiger partial charge in [0.25, 0.3) is 0 Å². The SMILES string of the molecule is COCCc1ccccc1-n1c(=O)[nH][nH]c1=S. The Balaban J connectivity index is 2.52. The normalized spacial score (nSPS) is 10.6. The second-order valence-electron chi connectivity index (χ2n) is 3.57. The summed E-state index contributed by atoms with van der Waals surface area (Å²) in [4.78, 5) is 11.6. The van der Waals surface area contributed by atoms with Gasteiger partial charge in [0.15, 0.2) is 0 Å². The lowest BCUT2D eigenvalue weighted by atomic mass is 10.1. The van der Waals surface area contributed by atoms with Crippen molar-refractivity contribution in [3.63, 3.8) is 0 Å². The van der Waals surface area contributed by atoms with Gasteiger partial charge in [-0.15, -0.1) is 0 Å². The summed E-state index contributed by atoms with van der Waals surface area (Å²) in [5.74, 6) is 0. The van der Waals surface area contributed by atoms with E-state index < -0.39 is 0 Å². The molecule has 0 aliphatic carbocycles. The van der Waals surface area contributed by atoms with Gasteiger partial charge in [0, 0.05) is 7.11 Å². The van der Waals surface area contributed by atoms with Gasteiger partial charge in [0.2, 0.25) is 4.77 Å². The Morgan fingerprint density at radius 3 is 2.76 bits per heavy atom. The van der Waals surface area contributed by atoms with Crippen LogP contribution >= 0.6 is 12.2 Å². The zero-order chi connectivity index (χ0) is 12.3. The van der Waals surface area contributed by atoms with Crippen LogP contribution in [0.2, 0.25) is 0 Å². The molecule has 0 aliphatic rings. The third kappa shape index (κ3) is 2.37. The van der Waals surface area contributed by atoms with Gasteiger partial charge in [0.05, 0.1) is 12.3 Å². The van der Waals surface area contributed by atoms with E-state index >= 15 is 0 Å². The second-order valence-corrected chi connectivity index (χ2v) is 3.95. The van der Waals surface area contributed by atoms with Gasteiger partial charge in [-0.1, -0.05) is 18.2 Å². The molecule has 0 fully saturated rings. The molecule has 0 aliphatic heterocycles. The van der Waals surface area contributed by atoms with Crippen LogP contribution in [0.3, 0.4) is 0 Å². The maximum absolute atomic E-state index is 11.6. The highest BCUT2D eigenvalue weighted by atomic mass is 32.1. The zero-order valence-electron chi connectivity index (χ0n) is 9.40. The number of aromatic amines is 2. The molecule has 5 nitrogen and oxygen atoms in total. The van der Waals surface area contributed by atoms with Crippen molar-refractivity contribution in [2.75, 3.05) is 13.7 Å². The Labute approximate surface area is 103 Å². The van der Waals surface area contributed by atoms with E-state index in [4.69, 9.17) is 17.0 Å². The fourth-order valence-corrected chi connectivity index (χ4v) is 1.91. The second kappa shape index (κ2) is 5.11. The van der Waals surface area contributed by atoms with Crippen LogP contribution in [0, 0.1) is 4.77 Å². The fourth-order valence-electron chi connectivity index (χ4n) is 1.68. The van der Waals surface area contributed by atoms with Crippen molar-refractivity contribution in [1.29, 1.82) is 0 Å². The van der Waals surface area contributed by atoms with E-state index in [1.807, 2.05) is 24.3 Å². The first-order valence-corrected chi connectivity index (χ1v) is 5.62. The van der Waals surface area contributed by atoms with E-state index in [1.165, 1.54) is 4.57 Å². The summed E-state index contributed by atoms with van der Waals surface area (Å²) in [7, 11) is 1.65. The minimum absolute atomic E-state index is 0.264. The predicted molar refractivity (Wildman–Crippen MR) is 67.2 cm³/mol. The molecule has 6 heteroatoms. The molecule has 1 aromatic carbocycles. The van der Waals surface area contributed by atoms with E-state index in [1.54, 1.807) is 7.11 Å². The Morgan fingerprint density at radius 1 is 1.35 bits per heavy atom. The Kier molecular flexibility index (Phi) is 3.55. The predicted octanol–water partition coefficient (Wildman–Crippen LogP) is 1.41. The topological polar surface area (TPSA) is 62.8 Å². The summed E-state index contributed by atoms with van der Waals surface area (Å²) < 4.78 is 6.86. The standard InChI is InChI=1S/C11H13N3O2S/c1-16-7-6-8-4-2-3-5-9(8)14-10(15)12-13-11(14)17/h2-5H,6-7H2,1H3,(H,12,15)(H,13,17). The molecular formula is C11H13N3O2S. The average molecular weight is 251 g/mol. The number of methoxy groups -OCH3 is 1. The quantitative estimate of drug-likeness (QED) is 0.808. The van der Waals surface area contributed by atoms with E-state index in [9.17, 15) is 4.79 Å². The molecule has 0 spiro atoms. The van der Waals surface area contributed by atoms with Crippen LogP contribution < -0.4 is 5.69 Å². The molecule has 0 atom stereocenters.